The molecule has 0 saturated carbocycles. The highest BCUT2D eigenvalue weighted by Crippen LogP contribution is 2.40. The smallest absolute Gasteiger partial charge is 0.268 e. The molecule has 0 bridgehead atoms. The van der Waals surface area contributed by atoms with Crippen molar-refractivity contribution in [3.05, 3.63) is 28.8 Å². The summed E-state index contributed by atoms with van der Waals surface area (Å²) in [5.41, 5.74) is 2.17. The van der Waals surface area contributed by atoms with Crippen LogP contribution in [0.3, 0.4) is 0 Å². The lowest BCUT2D eigenvalue weighted by Crippen LogP contribution is -2.46. The number of hydrogen-bond acceptors (Lipinski definition) is 2. The van der Waals surface area contributed by atoms with Crippen LogP contribution < -0.4 is 5.32 Å². The molecule has 4 rings (SSSR count). The number of nitrogens with one attached hydrogen (secondary N) is 2. The molecule has 2 fully saturated rings. The van der Waals surface area contributed by atoms with Crippen molar-refractivity contribution in [2.24, 2.45) is 0 Å². The number of hydrogen-bond donors (Lipinski definition) is 2. The first kappa shape index (κ1) is 17.7. The Labute approximate surface area is 155 Å². The van der Waals surface area contributed by atoms with Gasteiger partial charge in [0.2, 0.25) is 0 Å². The summed E-state index contributed by atoms with van der Waals surface area (Å²) in [4.78, 5) is 20.2. The van der Waals surface area contributed by atoms with Crippen LogP contribution in [0.5, 0.6) is 0 Å². The van der Waals surface area contributed by atoms with Gasteiger partial charge in [0.25, 0.3) is 5.91 Å². The number of nitrogens with zero attached hydrogens (tertiary/aromatic N) is 1. The summed E-state index contributed by atoms with van der Waals surface area (Å²) >= 11 is 0. The van der Waals surface area contributed by atoms with Crippen molar-refractivity contribution in [2.75, 3.05) is 0 Å². The van der Waals surface area contributed by atoms with E-state index in [1.807, 2.05) is 0 Å². The minimum atomic E-state index is -1.01. The standard InChI is InChI=1S/C20H28FN3OSi/c1-13-12-16(21)17-14(2)18(24-19(17)22-13)20(25)23-15-6-10-26(11-7-15)8-4-3-5-9-26/h12,15H,3-11H2,1-2H3,(H,22,24)(H,23,25). The topological polar surface area (TPSA) is 57.8 Å². The van der Waals surface area contributed by atoms with Gasteiger partial charge in [0.15, 0.2) is 0 Å². The Balaban J connectivity index is 1.46. The molecule has 4 nitrogen and oxygen atoms in total. The van der Waals surface area contributed by atoms with Gasteiger partial charge in [-0.15, -0.1) is 0 Å². The van der Waals surface area contributed by atoms with E-state index in [1.54, 1.807) is 13.8 Å². The fraction of sp³-hybridized carbons (Fsp3) is 0.600. The van der Waals surface area contributed by atoms with Gasteiger partial charge in [0, 0.05) is 11.7 Å². The maximum absolute atomic E-state index is 14.3. The SMILES string of the molecule is Cc1cc(F)c2c(C)c(C(=O)NC3CC[Si]4(CCCCC4)CC3)[nH]c2n1. The molecule has 2 aliphatic rings. The number of halogens is 1. The van der Waals surface area contributed by atoms with E-state index in [0.29, 0.717) is 28.0 Å². The van der Waals surface area contributed by atoms with Gasteiger partial charge >= 0.3 is 0 Å². The summed E-state index contributed by atoms with van der Waals surface area (Å²) in [6.45, 7) is 3.55. The molecule has 4 heterocycles. The lowest BCUT2D eigenvalue weighted by Gasteiger charge is -2.41. The van der Waals surface area contributed by atoms with Gasteiger partial charge in [-0.2, -0.15) is 0 Å². The van der Waals surface area contributed by atoms with Crippen molar-refractivity contribution in [1.29, 1.82) is 0 Å². The zero-order valence-electron chi connectivity index (χ0n) is 15.8. The highest BCUT2D eigenvalue weighted by Gasteiger charge is 2.38. The van der Waals surface area contributed by atoms with Crippen LogP contribution in [0.15, 0.2) is 6.07 Å². The molecular formula is C20H28FN3OSi. The van der Waals surface area contributed by atoms with Crippen molar-refractivity contribution in [3.8, 4) is 0 Å². The average molecular weight is 374 g/mol. The first-order valence-corrected chi connectivity index (χ1v) is 12.8. The number of aryl methyl sites for hydroxylation is 2. The van der Waals surface area contributed by atoms with Crippen molar-refractivity contribution in [3.63, 3.8) is 0 Å². The van der Waals surface area contributed by atoms with E-state index < -0.39 is 8.07 Å². The van der Waals surface area contributed by atoms with Crippen LogP contribution in [0, 0.1) is 19.7 Å². The quantitative estimate of drug-likeness (QED) is 0.740. The summed E-state index contributed by atoms with van der Waals surface area (Å²) < 4.78 is 14.3. The van der Waals surface area contributed by atoms with Gasteiger partial charge in [-0.05, 0) is 38.3 Å². The number of aromatic amines is 1. The molecule has 2 saturated heterocycles. The van der Waals surface area contributed by atoms with Crippen molar-refractivity contribution in [1.82, 2.24) is 15.3 Å². The third-order valence-electron chi connectivity index (χ3n) is 6.62. The second-order valence-corrected chi connectivity index (χ2v) is 13.4. The first-order chi connectivity index (χ1) is 12.5. The van der Waals surface area contributed by atoms with E-state index in [2.05, 4.69) is 15.3 Å². The Morgan fingerprint density at radius 1 is 1.19 bits per heavy atom. The van der Waals surface area contributed by atoms with Crippen LogP contribution in [-0.2, 0) is 0 Å². The maximum atomic E-state index is 14.3. The normalized spacial score (nSPS) is 20.6. The summed E-state index contributed by atoms with van der Waals surface area (Å²) in [5.74, 6) is -0.438. The Kier molecular flexibility index (Phi) is 4.63. The molecule has 0 unspecified atom stereocenters. The minimum absolute atomic E-state index is 0.121. The van der Waals surface area contributed by atoms with Crippen LogP contribution in [0.25, 0.3) is 11.0 Å². The van der Waals surface area contributed by atoms with E-state index in [4.69, 9.17) is 0 Å². The van der Waals surface area contributed by atoms with Crippen molar-refractivity contribution < 1.29 is 9.18 Å². The molecule has 2 aliphatic heterocycles. The largest absolute Gasteiger partial charge is 0.348 e. The molecule has 2 N–H and O–H groups in total. The van der Waals surface area contributed by atoms with E-state index in [-0.39, 0.29) is 17.8 Å². The molecular weight excluding hydrogens is 345 g/mol. The predicted molar refractivity (Wildman–Crippen MR) is 105 cm³/mol. The van der Waals surface area contributed by atoms with Crippen LogP contribution >= 0.6 is 0 Å². The van der Waals surface area contributed by atoms with Gasteiger partial charge in [-0.25, -0.2) is 9.37 Å². The molecule has 2 aromatic heterocycles. The summed E-state index contributed by atoms with van der Waals surface area (Å²) in [6.07, 6.45) is 6.50. The minimum Gasteiger partial charge on any atom is -0.348 e. The Bertz CT molecular complexity index is 831. The Morgan fingerprint density at radius 2 is 1.88 bits per heavy atom. The zero-order chi connectivity index (χ0) is 18.3. The Morgan fingerprint density at radius 3 is 2.58 bits per heavy atom. The molecule has 0 radical (unpaired) electrons. The molecule has 1 spiro atoms. The fourth-order valence-corrected chi connectivity index (χ4v) is 10.5. The van der Waals surface area contributed by atoms with Gasteiger partial charge in [0.1, 0.15) is 17.2 Å². The second-order valence-electron chi connectivity index (χ2n) is 8.40. The number of amides is 1. The monoisotopic (exact) mass is 373 g/mol. The average Bonchev–Trinajstić information content (AvgIpc) is 2.95. The van der Waals surface area contributed by atoms with Crippen molar-refractivity contribution >= 4 is 25.0 Å². The van der Waals surface area contributed by atoms with Gasteiger partial charge in [-0.1, -0.05) is 43.4 Å². The third-order valence-corrected chi connectivity index (χ3v) is 12.1. The van der Waals surface area contributed by atoms with E-state index >= 15 is 0 Å². The second kappa shape index (κ2) is 6.80. The third kappa shape index (κ3) is 3.19. The van der Waals surface area contributed by atoms with Crippen LogP contribution in [0.1, 0.15) is 53.8 Å². The predicted octanol–water partition coefficient (Wildman–Crippen LogP) is 4.84. The number of carbonyl (C=O) groups is 1. The van der Waals surface area contributed by atoms with Gasteiger partial charge < -0.3 is 10.3 Å². The number of rotatable bonds is 2. The number of H-pyrrole nitrogens is 1. The number of pyridine rings is 1. The van der Waals surface area contributed by atoms with Crippen LogP contribution in [-0.4, -0.2) is 30.0 Å². The highest BCUT2D eigenvalue weighted by molar-refractivity contribution is 6.80. The molecule has 1 amide bonds. The lowest BCUT2D eigenvalue weighted by molar-refractivity contribution is 0.0928. The fourth-order valence-electron chi connectivity index (χ4n) is 5.08. The van der Waals surface area contributed by atoms with E-state index in [1.165, 1.54) is 49.5 Å². The number of fused-ring (bicyclic) bond motifs is 1. The van der Waals surface area contributed by atoms with Crippen LogP contribution in [0.4, 0.5) is 4.39 Å². The van der Waals surface area contributed by atoms with E-state index in [0.717, 1.165) is 12.8 Å². The van der Waals surface area contributed by atoms with Crippen molar-refractivity contribution in [2.45, 2.75) is 76.2 Å². The Hall–Kier alpha value is -1.69. The van der Waals surface area contributed by atoms with Crippen LogP contribution in [0.2, 0.25) is 24.2 Å². The molecule has 2 aromatic rings. The van der Waals surface area contributed by atoms with Gasteiger partial charge in [0.05, 0.1) is 13.5 Å². The lowest BCUT2D eigenvalue weighted by atomic mass is 10.1. The summed E-state index contributed by atoms with van der Waals surface area (Å²) in [7, 11) is -1.01. The van der Waals surface area contributed by atoms with E-state index in [9.17, 15) is 9.18 Å². The molecule has 0 aliphatic carbocycles. The molecule has 0 atom stereocenters. The zero-order valence-corrected chi connectivity index (χ0v) is 16.8. The number of carbonyl (C=O) groups excluding carboxylic acids is 1. The maximum Gasteiger partial charge on any atom is 0.268 e. The molecule has 26 heavy (non-hydrogen) atoms. The summed E-state index contributed by atoms with van der Waals surface area (Å²) in [6, 6.07) is 7.39. The summed E-state index contributed by atoms with van der Waals surface area (Å²) in [5, 5.41) is 3.62. The molecule has 0 aromatic carbocycles. The molecule has 6 heteroatoms. The highest BCUT2D eigenvalue weighted by atomic mass is 28.3. The first-order valence-electron chi connectivity index (χ1n) is 9.94. The van der Waals surface area contributed by atoms with Gasteiger partial charge in [-0.3, -0.25) is 4.79 Å². The molecule has 140 valence electrons. The number of aromatic nitrogens is 2.